The van der Waals surface area contributed by atoms with Crippen LogP contribution in [0.25, 0.3) is 0 Å². The SMILES string of the molecule is C.C.CCC(CO)(COCC(O)CO)COCC(O)CO.CCC(COCC(O)CO)(COCC(O)CO)COCC(O)CO.OCC(O)COCCOCC(O)CO. The molecule has 0 aliphatic rings. The number of ether oxygens (including phenoxy) is 7. The van der Waals surface area contributed by atoms with Gasteiger partial charge in [-0.15, -0.1) is 0 Å². The average molecular weight is 881 g/mol. The molecule has 15 N–H and O–H groups in total. The molecule has 0 fully saturated rings. The minimum Gasteiger partial charge on any atom is -0.396 e. The second-order valence-corrected chi connectivity index (χ2v) is 13.4. The molecule has 0 spiro atoms. The van der Waals surface area contributed by atoms with Crippen molar-refractivity contribution in [1.29, 1.82) is 0 Å². The summed E-state index contributed by atoms with van der Waals surface area (Å²) in [7, 11) is 0. The molecular weight excluding hydrogens is 796 g/mol. The molecule has 0 bridgehead atoms. The molecule has 0 heterocycles. The van der Waals surface area contributed by atoms with Gasteiger partial charge in [0.25, 0.3) is 0 Å². The number of hydrogen-bond acceptors (Lipinski definition) is 22. The Morgan fingerprint density at radius 3 is 0.678 bits per heavy atom. The zero-order chi connectivity index (χ0) is 44.0. The Morgan fingerprint density at radius 1 is 0.322 bits per heavy atom. The number of hydrogen-bond donors (Lipinski definition) is 15. The molecule has 7 unspecified atom stereocenters. The highest BCUT2D eigenvalue weighted by Gasteiger charge is 2.31. The Labute approximate surface area is 350 Å². The quantitative estimate of drug-likeness (QED) is 0.0259. The molecule has 22 nitrogen and oxygen atoms in total. The first-order valence-corrected chi connectivity index (χ1v) is 18.8. The molecule has 0 aromatic rings. The molecular formula is C37H84O22. The normalized spacial score (nSPS) is 16.8. The number of aliphatic hydroxyl groups excluding tert-OH is 15. The van der Waals surface area contributed by atoms with Crippen molar-refractivity contribution in [1.82, 2.24) is 0 Å². The molecule has 364 valence electrons. The molecule has 0 saturated carbocycles. The van der Waals surface area contributed by atoms with Gasteiger partial charge >= 0.3 is 0 Å². The van der Waals surface area contributed by atoms with Gasteiger partial charge in [-0.05, 0) is 12.8 Å². The predicted octanol–water partition coefficient (Wildman–Crippen LogP) is -5.39. The molecule has 0 amide bonds. The van der Waals surface area contributed by atoms with Gasteiger partial charge in [-0.25, -0.2) is 0 Å². The fourth-order valence-corrected chi connectivity index (χ4v) is 3.86. The van der Waals surface area contributed by atoms with Crippen LogP contribution in [0.4, 0.5) is 0 Å². The van der Waals surface area contributed by atoms with E-state index in [9.17, 15) is 20.4 Å². The van der Waals surface area contributed by atoms with Gasteiger partial charge in [-0.2, -0.15) is 0 Å². The van der Waals surface area contributed by atoms with Crippen LogP contribution in [0, 0.1) is 10.8 Å². The minimum atomic E-state index is -0.978. The Kier molecular flexibility index (Phi) is 51.4. The maximum Gasteiger partial charge on any atom is 0.100 e. The van der Waals surface area contributed by atoms with Crippen LogP contribution in [0.5, 0.6) is 0 Å². The van der Waals surface area contributed by atoms with E-state index in [4.69, 9.17) is 89.3 Å². The zero-order valence-corrected chi connectivity index (χ0v) is 33.6. The van der Waals surface area contributed by atoms with E-state index in [0.717, 1.165) is 0 Å². The lowest BCUT2D eigenvalue weighted by molar-refractivity contribution is -0.107. The molecule has 7 atom stereocenters. The predicted molar refractivity (Wildman–Crippen MR) is 213 cm³/mol. The Balaban J connectivity index is -0.000000251. The summed E-state index contributed by atoms with van der Waals surface area (Å²) < 4.78 is 36.6. The molecule has 0 radical (unpaired) electrons. The summed E-state index contributed by atoms with van der Waals surface area (Å²) in [6.45, 7) is 2.33. The average Bonchev–Trinajstić information content (AvgIpc) is 3.23. The van der Waals surface area contributed by atoms with Crippen LogP contribution in [0.1, 0.15) is 41.5 Å². The first-order chi connectivity index (χ1) is 27.2. The lowest BCUT2D eigenvalue weighted by Gasteiger charge is -2.33. The smallest absolute Gasteiger partial charge is 0.100 e. The minimum absolute atomic E-state index is 0. The maximum atomic E-state index is 9.44. The van der Waals surface area contributed by atoms with Gasteiger partial charge in [0.1, 0.15) is 42.7 Å². The fraction of sp³-hybridized carbons (Fsp3) is 1.00. The maximum absolute atomic E-state index is 9.44. The highest BCUT2D eigenvalue weighted by atomic mass is 16.5. The molecule has 0 aliphatic carbocycles. The largest absolute Gasteiger partial charge is 0.396 e. The summed E-state index contributed by atoms with van der Waals surface area (Å²) in [6, 6.07) is 0. The van der Waals surface area contributed by atoms with E-state index < -0.39 is 73.4 Å². The van der Waals surface area contributed by atoms with E-state index in [2.05, 4.69) is 0 Å². The second kappa shape index (κ2) is 45.2. The van der Waals surface area contributed by atoms with Crippen LogP contribution in [0.3, 0.4) is 0 Å². The van der Waals surface area contributed by atoms with Crippen LogP contribution in [-0.4, -0.2) is 265 Å². The Bertz CT molecular complexity index is 743. The topological polar surface area (TPSA) is 368 Å². The van der Waals surface area contributed by atoms with Gasteiger partial charge in [0.05, 0.1) is 145 Å². The van der Waals surface area contributed by atoms with Crippen LogP contribution in [-0.2, 0) is 33.2 Å². The second-order valence-electron chi connectivity index (χ2n) is 13.4. The molecule has 0 aromatic heterocycles. The monoisotopic (exact) mass is 881 g/mol. The van der Waals surface area contributed by atoms with Crippen molar-refractivity contribution < 1.29 is 110 Å². The molecule has 59 heavy (non-hydrogen) atoms. The van der Waals surface area contributed by atoms with Crippen LogP contribution in [0.15, 0.2) is 0 Å². The van der Waals surface area contributed by atoms with Gasteiger partial charge in [0.2, 0.25) is 0 Å². The van der Waals surface area contributed by atoms with Crippen molar-refractivity contribution in [2.75, 3.05) is 145 Å². The first-order valence-electron chi connectivity index (χ1n) is 18.8. The highest BCUT2D eigenvalue weighted by molar-refractivity contribution is 4.79. The molecule has 22 heteroatoms. The summed E-state index contributed by atoms with van der Waals surface area (Å²) >= 11 is 0. The standard InChI is InChI=1S/C15H32O9.C12H26O7.C8H18O6.2CH4/c1-2-15(9-22-6-12(19)3-16,10-23-7-13(20)4-17)11-24-8-14(21)5-18;1-2-12(7-15,8-18-5-10(16)3-13)9-19-6-11(17)4-14;9-3-7(11)5-13-1-2-14-6-8(12)4-10;;/h12-14,16-21H,2-11H2,1H3;10-11,13-17H,2-9H2,1H3;7-12H,1-6H2;2*1H4. The molecule has 0 aliphatic heterocycles. The van der Waals surface area contributed by atoms with E-state index in [1.165, 1.54) is 0 Å². The fourth-order valence-electron chi connectivity index (χ4n) is 3.86. The van der Waals surface area contributed by atoms with Crippen molar-refractivity contribution in [3.8, 4) is 0 Å². The summed E-state index contributed by atoms with van der Waals surface area (Å²) in [5, 5.41) is 134. The van der Waals surface area contributed by atoms with Crippen molar-refractivity contribution in [2.45, 2.75) is 84.3 Å². The van der Waals surface area contributed by atoms with E-state index in [-0.39, 0.29) is 140 Å². The van der Waals surface area contributed by atoms with E-state index in [0.29, 0.717) is 12.8 Å². The lowest BCUT2D eigenvalue weighted by Crippen LogP contribution is -2.39. The highest BCUT2D eigenvalue weighted by Crippen LogP contribution is 2.25. The van der Waals surface area contributed by atoms with Gasteiger partial charge < -0.3 is 110 Å². The third-order valence-corrected chi connectivity index (χ3v) is 7.90. The number of rotatable bonds is 37. The van der Waals surface area contributed by atoms with Gasteiger partial charge in [-0.1, -0.05) is 28.7 Å². The van der Waals surface area contributed by atoms with Crippen molar-refractivity contribution >= 4 is 0 Å². The zero-order valence-electron chi connectivity index (χ0n) is 33.6. The lowest BCUT2D eigenvalue weighted by atomic mass is 9.88. The first kappa shape index (κ1) is 67.2. The van der Waals surface area contributed by atoms with Crippen LogP contribution < -0.4 is 0 Å². The molecule has 0 rings (SSSR count). The summed E-state index contributed by atoms with van der Waals surface area (Å²) in [5.74, 6) is 0. The Hall–Kier alpha value is -0.880. The van der Waals surface area contributed by atoms with Crippen molar-refractivity contribution in [3.63, 3.8) is 0 Å². The Morgan fingerprint density at radius 2 is 0.508 bits per heavy atom. The van der Waals surface area contributed by atoms with Gasteiger partial charge in [0.15, 0.2) is 0 Å². The van der Waals surface area contributed by atoms with E-state index in [1.54, 1.807) is 0 Å². The van der Waals surface area contributed by atoms with E-state index in [1.807, 2.05) is 13.8 Å². The van der Waals surface area contributed by atoms with Crippen LogP contribution in [0.2, 0.25) is 0 Å². The molecule has 0 aromatic carbocycles. The van der Waals surface area contributed by atoms with Crippen molar-refractivity contribution in [2.24, 2.45) is 10.8 Å². The van der Waals surface area contributed by atoms with Crippen LogP contribution >= 0.6 is 0 Å². The van der Waals surface area contributed by atoms with E-state index >= 15 is 0 Å². The summed E-state index contributed by atoms with van der Waals surface area (Å²) in [4.78, 5) is 0. The third kappa shape index (κ3) is 39.7. The summed E-state index contributed by atoms with van der Waals surface area (Å²) in [5.41, 5.74) is -1.22. The van der Waals surface area contributed by atoms with Gasteiger partial charge in [-0.3, -0.25) is 0 Å². The summed E-state index contributed by atoms with van der Waals surface area (Å²) in [6.07, 6.45) is -5.36. The third-order valence-electron chi connectivity index (χ3n) is 7.90. The molecule has 0 saturated heterocycles. The number of aliphatic hydroxyl groups is 15. The van der Waals surface area contributed by atoms with Gasteiger partial charge in [0, 0.05) is 10.8 Å². The van der Waals surface area contributed by atoms with Crippen molar-refractivity contribution in [3.05, 3.63) is 0 Å².